The Bertz CT molecular complexity index is 920. The number of amides is 1. The monoisotopic (exact) mass is 394 g/mol. The minimum absolute atomic E-state index is 0.355. The van der Waals surface area contributed by atoms with Crippen molar-refractivity contribution < 1.29 is 22.7 Å². The van der Waals surface area contributed by atoms with Crippen molar-refractivity contribution in [2.45, 2.75) is 29.0 Å². The van der Waals surface area contributed by atoms with Gasteiger partial charge in [0.15, 0.2) is 0 Å². The van der Waals surface area contributed by atoms with Gasteiger partial charge in [-0.15, -0.1) is 24.9 Å². The van der Waals surface area contributed by atoms with Crippen molar-refractivity contribution in [1.29, 1.82) is 0 Å². The maximum atomic E-state index is 12.7. The first-order valence-corrected chi connectivity index (χ1v) is 8.82. The molecule has 2 unspecified atom stereocenters. The predicted molar refractivity (Wildman–Crippen MR) is 92.5 cm³/mol. The van der Waals surface area contributed by atoms with Crippen LogP contribution >= 0.6 is 11.8 Å². The molecule has 2 aliphatic heterocycles. The highest BCUT2D eigenvalue weighted by Crippen LogP contribution is 2.45. The molecule has 4 rings (SSSR count). The van der Waals surface area contributed by atoms with Gasteiger partial charge in [-0.2, -0.15) is 0 Å². The Hall–Kier alpha value is -2.59. The number of nitrogens with two attached hydrogens (primary N) is 1. The molecule has 0 saturated carbocycles. The zero-order chi connectivity index (χ0) is 19.2. The van der Waals surface area contributed by atoms with E-state index in [0.29, 0.717) is 28.4 Å². The third kappa shape index (κ3) is 3.50. The number of thioether (sulfide) groups is 1. The summed E-state index contributed by atoms with van der Waals surface area (Å²) in [6, 6.07) is 8.79. The van der Waals surface area contributed by atoms with Crippen molar-refractivity contribution in [3.63, 3.8) is 0 Å². The van der Waals surface area contributed by atoms with Gasteiger partial charge in [0.1, 0.15) is 11.0 Å². The van der Waals surface area contributed by atoms with Gasteiger partial charge in [-0.05, 0) is 30.3 Å². The molecular weight excluding hydrogens is 381 g/mol. The minimum Gasteiger partial charge on any atom is -0.406 e. The lowest BCUT2D eigenvalue weighted by atomic mass is 9.97. The van der Waals surface area contributed by atoms with Gasteiger partial charge in [-0.3, -0.25) is 19.8 Å². The average Bonchev–Trinajstić information content (AvgIpc) is 2.63. The topological polar surface area (TPSA) is 80.8 Å². The number of carbonyl (C=O) groups is 1. The third-order valence-corrected chi connectivity index (χ3v) is 5.51. The second-order valence-corrected chi connectivity index (χ2v) is 7.15. The average molecular weight is 394 g/mol. The van der Waals surface area contributed by atoms with Crippen LogP contribution in [0.4, 0.5) is 18.9 Å². The Labute approximate surface area is 156 Å². The summed E-state index contributed by atoms with van der Waals surface area (Å²) in [7, 11) is 0. The number of fused-ring (bicyclic) bond motifs is 2. The van der Waals surface area contributed by atoms with Crippen molar-refractivity contribution in [1.82, 2.24) is 9.99 Å². The number of alkyl halides is 3. The summed E-state index contributed by atoms with van der Waals surface area (Å²) in [4.78, 5) is 21.9. The maximum Gasteiger partial charge on any atom is 0.573 e. The molecule has 0 bridgehead atoms. The molecule has 2 atom stereocenters. The zero-order valence-electron chi connectivity index (χ0n) is 13.7. The third-order valence-electron chi connectivity index (χ3n) is 4.22. The molecule has 140 valence electrons. The SMILES string of the molecule is NN1C(=O)C2Sc3cc(OC(F)(F)F)ccc3N=C2CC1c1ccccn1. The summed E-state index contributed by atoms with van der Waals surface area (Å²) in [6.45, 7) is 0. The standard InChI is InChI=1S/C17H13F3N4O2S/c18-17(19,20)26-9-4-5-11-14(7-9)27-15-12(23-11)8-13(24(21)16(15)25)10-3-1-2-6-22-10/h1-7,13,15H,8,21H2. The van der Waals surface area contributed by atoms with Crippen molar-refractivity contribution in [2.24, 2.45) is 10.8 Å². The van der Waals surface area contributed by atoms with Gasteiger partial charge in [0.05, 0.1) is 17.4 Å². The van der Waals surface area contributed by atoms with Gasteiger partial charge in [-0.25, -0.2) is 5.84 Å². The number of ether oxygens (including phenoxy) is 1. The zero-order valence-corrected chi connectivity index (χ0v) is 14.5. The molecule has 0 aliphatic carbocycles. The molecule has 6 nitrogen and oxygen atoms in total. The van der Waals surface area contributed by atoms with E-state index in [2.05, 4.69) is 14.7 Å². The van der Waals surface area contributed by atoms with E-state index in [1.807, 2.05) is 6.07 Å². The highest BCUT2D eigenvalue weighted by molar-refractivity contribution is 8.01. The number of carbonyl (C=O) groups excluding carboxylic acids is 1. The van der Waals surface area contributed by atoms with Crippen LogP contribution < -0.4 is 10.6 Å². The fraction of sp³-hybridized carbons (Fsp3) is 0.235. The lowest BCUT2D eigenvalue weighted by Gasteiger charge is -2.38. The summed E-state index contributed by atoms with van der Waals surface area (Å²) in [5, 5.41) is 0.448. The molecule has 1 fully saturated rings. The molecule has 1 aromatic carbocycles. The summed E-state index contributed by atoms with van der Waals surface area (Å²) in [6.07, 6.45) is -2.77. The molecule has 2 aromatic rings. The van der Waals surface area contributed by atoms with Crippen molar-refractivity contribution in [3.05, 3.63) is 48.3 Å². The van der Waals surface area contributed by atoms with E-state index < -0.39 is 17.7 Å². The molecule has 1 saturated heterocycles. The van der Waals surface area contributed by atoms with Crippen LogP contribution in [0.1, 0.15) is 18.2 Å². The van der Waals surface area contributed by atoms with Crippen LogP contribution in [0.15, 0.2) is 52.5 Å². The van der Waals surface area contributed by atoms with Crippen molar-refractivity contribution in [3.8, 4) is 5.75 Å². The van der Waals surface area contributed by atoms with Crippen LogP contribution in [0.25, 0.3) is 0 Å². The smallest absolute Gasteiger partial charge is 0.406 e. The van der Waals surface area contributed by atoms with E-state index in [0.717, 1.165) is 16.8 Å². The Morgan fingerprint density at radius 1 is 1.26 bits per heavy atom. The number of piperidine rings is 1. The number of nitrogens with zero attached hydrogens (tertiary/aromatic N) is 3. The predicted octanol–water partition coefficient (Wildman–Crippen LogP) is 3.37. The van der Waals surface area contributed by atoms with Gasteiger partial charge in [-0.1, -0.05) is 6.07 Å². The van der Waals surface area contributed by atoms with Crippen molar-refractivity contribution >= 4 is 29.1 Å². The summed E-state index contributed by atoms with van der Waals surface area (Å²) in [5.41, 5.74) is 1.78. The number of hydrogen-bond donors (Lipinski definition) is 1. The quantitative estimate of drug-likeness (QED) is 0.624. The van der Waals surface area contributed by atoms with Gasteiger partial charge < -0.3 is 4.74 Å². The van der Waals surface area contributed by atoms with E-state index in [9.17, 15) is 18.0 Å². The van der Waals surface area contributed by atoms with Crippen LogP contribution in [0.5, 0.6) is 5.75 Å². The molecule has 2 N–H and O–H groups in total. The van der Waals surface area contributed by atoms with Crippen molar-refractivity contribution in [2.75, 3.05) is 0 Å². The number of hydrazine groups is 1. The van der Waals surface area contributed by atoms with Crippen LogP contribution in [0.3, 0.4) is 0 Å². The fourth-order valence-corrected chi connectivity index (χ4v) is 4.22. The number of aliphatic imine (C=N–C) groups is 1. The van der Waals surface area contributed by atoms with E-state index >= 15 is 0 Å². The van der Waals surface area contributed by atoms with Gasteiger partial charge in [0.25, 0.3) is 5.91 Å². The summed E-state index contributed by atoms with van der Waals surface area (Å²) < 4.78 is 41.2. The maximum absolute atomic E-state index is 12.7. The van der Waals surface area contributed by atoms with E-state index in [4.69, 9.17) is 5.84 Å². The molecule has 27 heavy (non-hydrogen) atoms. The van der Waals surface area contributed by atoms with Gasteiger partial charge in [0.2, 0.25) is 0 Å². The first-order chi connectivity index (χ1) is 12.8. The second-order valence-electron chi connectivity index (χ2n) is 6.00. The van der Waals surface area contributed by atoms with Crippen LogP contribution in [0.2, 0.25) is 0 Å². The highest BCUT2D eigenvalue weighted by atomic mass is 32.2. The number of halogens is 3. The minimum atomic E-state index is -4.79. The number of aromatic nitrogens is 1. The molecule has 1 amide bonds. The van der Waals surface area contributed by atoms with Gasteiger partial charge >= 0.3 is 6.36 Å². The number of pyridine rings is 1. The molecule has 10 heteroatoms. The Kier molecular flexibility index (Phi) is 4.31. The molecule has 1 aromatic heterocycles. The molecule has 3 heterocycles. The molecule has 0 spiro atoms. The summed E-state index contributed by atoms with van der Waals surface area (Å²) >= 11 is 1.12. The lowest BCUT2D eigenvalue weighted by molar-refractivity contribution is -0.274. The highest BCUT2D eigenvalue weighted by Gasteiger charge is 2.42. The lowest BCUT2D eigenvalue weighted by Crippen LogP contribution is -2.53. The van der Waals surface area contributed by atoms with E-state index in [-0.39, 0.29) is 11.7 Å². The van der Waals surface area contributed by atoms with Crippen LogP contribution in [0, 0.1) is 0 Å². The largest absolute Gasteiger partial charge is 0.573 e. The van der Waals surface area contributed by atoms with E-state index in [1.165, 1.54) is 18.2 Å². The Morgan fingerprint density at radius 3 is 2.78 bits per heavy atom. The fourth-order valence-electron chi connectivity index (χ4n) is 3.04. The van der Waals surface area contributed by atoms with Crippen LogP contribution in [-0.4, -0.2) is 33.2 Å². The first-order valence-electron chi connectivity index (χ1n) is 7.94. The second kappa shape index (κ2) is 6.54. The Morgan fingerprint density at radius 2 is 2.07 bits per heavy atom. The summed E-state index contributed by atoms with van der Waals surface area (Å²) in [5.74, 6) is 5.27. The number of rotatable bonds is 2. The molecule has 0 radical (unpaired) electrons. The number of benzene rings is 1. The molecular formula is C17H13F3N4O2S. The first kappa shape index (κ1) is 17.8. The Balaban J connectivity index is 1.66. The van der Waals surface area contributed by atoms with E-state index in [1.54, 1.807) is 18.3 Å². The van der Waals surface area contributed by atoms with Gasteiger partial charge in [0, 0.05) is 23.2 Å². The number of hydrogen-bond acceptors (Lipinski definition) is 6. The molecule has 2 aliphatic rings. The van der Waals surface area contributed by atoms with Crippen LogP contribution in [-0.2, 0) is 4.79 Å². The normalized spacial score (nSPS) is 22.0.